The van der Waals surface area contributed by atoms with Crippen LogP contribution in [0.2, 0.25) is 0 Å². The zero-order chi connectivity index (χ0) is 21.6. The van der Waals surface area contributed by atoms with Crippen LogP contribution in [0.15, 0.2) is 84.9 Å². The Kier molecular flexibility index (Phi) is 6.11. The SMILES string of the molecule is N#C[C@H]1[C@@H](c2ccccc2/C=C/c2ccccc2)[C@@H](CO)N1C(=O)Nc1ccccc1. The monoisotopic (exact) mass is 409 g/mol. The molecular weight excluding hydrogens is 386 g/mol. The van der Waals surface area contributed by atoms with Gasteiger partial charge in [0.1, 0.15) is 6.04 Å². The number of aliphatic hydroxyl groups excluding tert-OH is 1. The summed E-state index contributed by atoms with van der Waals surface area (Å²) in [6, 6.07) is 27.6. The number of benzene rings is 3. The van der Waals surface area contributed by atoms with E-state index in [1.165, 1.54) is 4.90 Å². The standard InChI is InChI=1S/C26H23N3O2/c27-17-23-25(24(18-30)29(23)26(31)28-21-12-5-2-6-13-21)22-14-8-7-11-20(22)16-15-19-9-3-1-4-10-19/h1-16,23-25,30H,18H2,(H,28,31)/b16-15+/t23-,24+,25+/m0/s1. The summed E-state index contributed by atoms with van der Waals surface area (Å²) >= 11 is 0. The molecule has 3 aromatic carbocycles. The molecule has 0 aromatic heterocycles. The van der Waals surface area contributed by atoms with E-state index in [2.05, 4.69) is 11.4 Å². The fraction of sp³-hybridized carbons (Fsp3) is 0.154. The largest absolute Gasteiger partial charge is 0.394 e. The fourth-order valence-electron chi connectivity index (χ4n) is 4.09. The number of nitrogens with zero attached hydrogens (tertiary/aromatic N) is 2. The molecule has 1 saturated heterocycles. The number of anilines is 1. The van der Waals surface area contributed by atoms with Gasteiger partial charge in [-0.05, 0) is 28.8 Å². The van der Waals surface area contributed by atoms with Gasteiger partial charge in [-0.2, -0.15) is 5.26 Å². The third-order valence-corrected chi connectivity index (χ3v) is 5.60. The Bertz CT molecular complexity index is 1110. The van der Waals surface area contributed by atoms with Crippen LogP contribution in [0, 0.1) is 11.3 Å². The molecule has 5 nitrogen and oxygen atoms in total. The minimum atomic E-state index is -0.660. The number of nitrogens with one attached hydrogen (secondary N) is 1. The number of para-hydroxylation sites is 1. The van der Waals surface area contributed by atoms with Crippen LogP contribution in [0.25, 0.3) is 12.2 Å². The molecule has 2 amide bonds. The summed E-state index contributed by atoms with van der Waals surface area (Å²) in [5, 5.41) is 22.7. The highest BCUT2D eigenvalue weighted by Gasteiger charge is 2.52. The highest BCUT2D eigenvalue weighted by molar-refractivity contribution is 5.91. The Morgan fingerprint density at radius 2 is 1.61 bits per heavy atom. The maximum absolute atomic E-state index is 12.8. The molecule has 1 aliphatic heterocycles. The minimum Gasteiger partial charge on any atom is -0.394 e. The van der Waals surface area contributed by atoms with Gasteiger partial charge in [-0.15, -0.1) is 0 Å². The summed E-state index contributed by atoms with van der Waals surface area (Å²) < 4.78 is 0. The average molecular weight is 409 g/mol. The fourth-order valence-corrected chi connectivity index (χ4v) is 4.09. The first-order valence-corrected chi connectivity index (χ1v) is 10.2. The lowest BCUT2D eigenvalue weighted by atomic mass is 9.74. The molecule has 1 fully saturated rings. The predicted octanol–water partition coefficient (Wildman–Crippen LogP) is 4.74. The van der Waals surface area contributed by atoms with Crippen molar-refractivity contribution in [1.82, 2.24) is 4.90 Å². The van der Waals surface area contributed by atoms with Gasteiger partial charge in [0.25, 0.3) is 0 Å². The topological polar surface area (TPSA) is 76.4 Å². The van der Waals surface area contributed by atoms with Crippen LogP contribution in [-0.2, 0) is 0 Å². The van der Waals surface area contributed by atoms with Crippen LogP contribution in [-0.4, -0.2) is 34.7 Å². The second-order valence-electron chi connectivity index (χ2n) is 7.43. The Labute approximate surface area is 181 Å². The molecule has 31 heavy (non-hydrogen) atoms. The highest BCUT2D eigenvalue weighted by Crippen LogP contribution is 2.42. The van der Waals surface area contributed by atoms with E-state index >= 15 is 0 Å². The average Bonchev–Trinajstić information content (AvgIpc) is 2.79. The number of urea groups is 1. The van der Waals surface area contributed by atoms with Crippen LogP contribution in [0.5, 0.6) is 0 Å². The summed E-state index contributed by atoms with van der Waals surface area (Å²) in [6.07, 6.45) is 4.03. The third kappa shape index (κ3) is 4.20. The molecule has 0 unspecified atom stereocenters. The van der Waals surface area contributed by atoms with Crippen LogP contribution >= 0.6 is 0 Å². The van der Waals surface area contributed by atoms with Gasteiger partial charge < -0.3 is 15.3 Å². The van der Waals surface area contributed by atoms with E-state index in [0.717, 1.165) is 16.7 Å². The lowest BCUT2D eigenvalue weighted by molar-refractivity contribution is 0.0223. The molecular formula is C26H23N3O2. The highest BCUT2D eigenvalue weighted by atomic mass is 16.3. The molecule has 1 aliphatic rings. The Morgan fingerprint density at radius 1 is 0.968 bits per heavy atom. The van der Waals surface area contributed by atoms with Crippen LogP contribution in [0.1, 0.15) is 22.6 Å². The van der Waals surface area contributed by atoms with Gasteiger partial charge in [0.05, 0.1) is 18.7 Å². The number of nitriles is 1. The number of carbonyl (C=O) groups excluding carboxylic acids is 1. The van der Waals surface area contributed by atoms with Crippen LogP contribution in [0.3, 0.4) is 0 Å². The molecule has 0 saturated carbocycles. The number of rotatable bonds is 5. The van der Waals surface area contributed by atoms with Crippen molar-refractivity contribution in [2.24, 2.45) is 0 Å². The molecule has 0 radical (unpaired) electrons. The predicted molar refractivity (Wildman–Crippen MR) is 122 cm³/mol. The summed E-state index contributed by atoms with van der Waals surface area (Å²) in [7, 11) is 0. The molecule has 5 heteroatoms. The molecule has 0 spiro atoms. The second-order valence-corrected chi connectivity index (χ2v) is 7.43. The molecule has 2 N–H and O–H groups in total. The normalized spacial score (nSPS) is 20.1. The van der Waals surface area contributed by atoms with Crippen molar-refractivity contribution >= 4 is 23.9 Å². The first-order valence-electron chi connectivity index (χ1n) is 10.2. The van der Waals surface area contributed by atoms with Crippen molar-refractivity contribution in [1.29, 1.82) is 5.26 Å². The van der Waals surface area contributed by atoms with E-state index in [1.54, 1.807) is 12.1 Å². The first-order chi connectivity index (χ1) is 15.2. The lowest BCUT2D eigenvalue weighted by Gasteiger charge is -2.51. The van der Waals surface area contributed by atoms with Gasteiger partial charge >= 0.3 is 6.03 Å². The van der Waals surface area contributed by atoms with Crippen LogP contribution in [0.4, 0.5) is 10.5 Å². The molecule has 0 bridgehead atoms. The van der Waals surface area contributed by atoms with E-state index in [-0.39, 0.29) is 18.6 Å². The maximum atomic E-state index is 12.8. The van der Waals surface area contributed by atoms with Gasteiger partial charge in [-0.3, -0.25) is 0 Å². The van der Waals surface area contributed by atoms with E-state index < -0.39 is 12.1 Å². The molecule has 154 valence electrons. The van der Waals surface area contributed by atoms with Crippen LogP contribution < -0.4 is 5.32 Å². The number of amides is 2. The van der Waals surface area contributed by atoms with Crippen molar-refractivity contribution in [3.05, 3.63) is 102 Å². The van der Waals surface area contributed by atoms with Gasteiger partial charge in [0.15, 0.2) is 0 Å². The first kappa shape index (κ1) is 20.4. The van der Waals surface area contributed by atoms with E-state index in [4.69, 9.17) is 0 Å². The van der Waals surface area contributed by atoms with E-state index in [0.29, 0.717) is 5.69 Å². The quantitative estimate of drug-likeness (QED) is 0.598. The van der Waals surface area contributed by atoms with Crippen molar-refractivity contribution in [2.45, 2.75) is 18.0 Å². The summed E-state index contributed by atoms with van der Waals surface area (Å²) in [6.45, 7) is -0.220. The molecule has 1 heterocycles. The smallest absolute Gasteiger partial charge is 0.323 e. The van der Waals surface area contributed by atoms with Crippen molar-refractivity contribution in [2.75, 3.05) is 11.9 Å². The third-order valence-electron chi connectivity index (χ3n) is 5.60. The second kappa shape index (κ2) is 9.29. The number of likely N-dealkylation sites (tertiary alicyclic amines) is 1. The Balaban J connectivity index is 1.59. The van der Waals surface area contributed by atoms with Gasteiger partial charge in [0, 0.05) is 11.6 Å². The van der Waals surface area contributed by atoms with Crippen molar-refractivity contribution in [3.8, 4) is 6.07 Å². The molecule has 4 rings (SSSR count). The molecule has 3 atom stereocenters. The Morgan fingerprint density at radius 3 is 2.29 bits per heavy atom. The number of hydrogen-bond donors (Lipinski definition) is 2. The summed E-state index contributed by atoms with van der Waals surface area (Å²) in [5.41, 5.74) is 3.64. The van der Waals surface area contributed by atoms with Gasteiger partial charge in [0.2, 0.25) is 0 Å². The zero-order valence-electron chi connectivity index (χ0n) is 16.9. The molecule has 0 aliphatic carbocycles. The minimum absolute atomic E-state index is 0.220. The van der Waals surface area contributed by atoms with Gasteiger partial charge in [-0.25, -0.2) is 4.79 Å². The number of carbonyl (C=O) groups is 1. The Hall–Kier alpha value is -3.88. The molecule has 3 aromatic rings. The number of hydrogen-bond acceptors (Lipinski definition) is 3. The van der Waals surface area contributed by atoms with E-state index in [9.17, 15) is 15.2 Å². The van der Waals surface area contributed by atoms with Crippen molar-refractivity contribution in [3.63, 3.8) is 0 Å². The van der Waals surface area contributed by atoms with Gasteiger partial charge in [-0.1, -0.05) is 84.9 Å². The zero-order valence-corrected chi connectivity index (χ0v) is 16.9. The summed E-state index contributed by atoms with van der Waals surface area (Å²) in [5.74, 6) is -0.270. The van der Waals surface area contributed by atoms with Crippen molar-refractivity contribution < 1.29 is 9.90 Å². The van der Waals surface area contributed by atoms with E-state index in [1.807, 2.05) is 84.9 Å². The number of aliphatic hydroxyl groups is 1. The maximum Gasteiger partial charge on any atom is 0.323 e. The summed E-state index contributed by atoms with van der Waals surface area (Å²) in [4.78, 5) is 14.3. The lowest BCUT2D eigenvalue weighted by Crippen LogP contribution is -2.66.